The van der Waals surface area contributed by atoms with Gasteiger partial charge in [0.1, 0.15) is 36.9 Å². The fourth-order valence-corrected chi connectivity index (χ4v) is 3.07. The summed E-state index contributed by atoms with van der Waals surface area (Å²) in [4.78, 5) is 0. The third-order valence-electron chi connectivity index (χ3n) is 5.19. The maximum Gasteiger partial charge on any atom is 0.124 e. The smallest absolute Gasteiger partial charge is 0.124 e. The quantitative estimate of drug-likeness (QED) is 0.688. The first-order valence-corrected chi connectivity index (χ1v) is 9.40. The molecule has 144 valence electrons. The van der Waals surface area contributed by atoms with E-state index < -0.39 is 0 Å². The van der Waals surface area contributed by atoms with Gasteiger partial charge in [-0.15, -0.1) is 0 Å². The van der Waals surface area contributed by atoms with Crippen LogP contribution < -0.4 is 9.47 Å². The van der Waals surface area contributed by atoms with E-state index in [1.807, 2.05) is 24.3 Å². The number of aliphatic hydroxyl groups is 1. The van der Waals surface area contributed by atoms with Gasteiger partial charge in [-0.1, -0.05) is 32.0 Å². The number of aliphatic hydroxyl groups excluding tert-OH is 1. The Hall–Kier alpha value is -2.08. The van der Waals surface area contributed by atoms with Crippen molar-refractivity contribution in [1.82, 2.24) is 0 Å². The average Bonchev–Trinajstić information content (AvgIpc) is 3.59. The van der Waals surface area contributed by atoms with Crippen molar-refractivity contribution in [2.24, 2.45) is 0 Å². The van der Waals surface area contributed by atoms with Gasteiger partial charge >= 0.3 is 0 Å². The molecule has 0 amide bonds. The average molecular weight is 370 g/mol. The summed E-state index contributed by atoms with van der Waals surface area (Å²) in [5.74, 6) is 1.57. The van der Waals surface area contributed by atoms with Crippen LogP contribution in [-0.4, -0.2) is 43.7 Å². The van der Waals surface area contributed by atoms with Crippen LogP contribution in [0.5, 0.6) is 11.5 Å². The summed E-state index contributed by atoms with van der Waals surface area (Å²) >= 11 is 0. The SMILES string of the molecule is CC(C)(c1ccc(OC[C@H]2CO2)cc1)c1ccc(OC[C@H]2CO2)c(CO)c1. The lowest BCUT2D eigenvalue weighted by molar-refractivity contribution is 0.243. The van der Waals surface area contributed by atoms with Crippen LogP contribution in [0.15, 0.2) is 42.5 Å². The lowest BCUT2D eigenvalue weighted by Crippen LogP contribution is -2.19. The summed E-state index contributed by atoms with van der Waals surface area (Å²) < 4.78 is 21.8. The van der Waals surface area contributed by atoms with Crippen LogP contribution in [0.3, 0.4) is 0 Å². The van der Waals surface area contributed by atoms with Crippen LogP contribution in [0.25, 0.3) is 0 Å². The minimum atomic E-state index is -0.208. The Morgan fingerprint density at radius 2 is 1.52 bits per heavy atom. The molecule has 4 rings (SSSR count). The van der Waals surface area contributed by atoms with E-state index in [2.05, 4.69) is 32.0 Å². The van der Waals surface area contributed by atoms with Crippen molar-refractivity contribution in [2.75, 3.05) is 26.4 Å². The van der Waals surface area contributed by atoms with Gasteiger partial charge in [-0.2, -0.15) is 0 Å². The van der Waals surface area contributed by atoms with E-state index in [1.54, 1.807) is 0 Å². The standard InChI is InChI=1S/C22H26O5/c1-22(2,16-3-6-18(7-4-16)24-11-19-12-25-19)17-5-8-21(15(9-17)10-23)27-14-20-13-26-20/h3-9,19-20,23H,10-14H2,1-2H3/t19-,20+/m0/s1. The van der Waals surface area contributed by atoms with Gasteiger partial charge in [0.05, 0.1) is 19.8 Å². The van der Waals surface area contributed by atoms with E-state index in [0.717, 1.165) is 35.8 Å². The Kier molecular flexibility index (Phi) is 5.08. The highest BCUT2D eigenvalue weighted by Gasteiger charge is 2.26. The summed E-state index contributed by atoms with van der Waals surface area (Å²) in [5, 5.41) is 9.77. The van der Waals surface area contributed by atoms with Crippen LogP contribution in [0, 0.1) is 0 Å². The molecular weight excluding hydrogens is 344 g/mol. The molecule has 2 aromatic carbocycles. The molecule has 2 saturated heterocycles. The van der Waals surface area contributed by atoms with Crippen molar-refractivity contribution >= 4 is 0 Å². The van der Waals surface area contributed by atoms with Crippen LogP contribution in [-0.2, 0) is 21.5 Å². The van der Waals surface area contributed by atoms with Crippen molar-refractivity contribution < 1.29 is 24.1 Å². The first kappa shape index (κ1) is 18.3. The Morgan fingerprint density at radius 1 is 0.926 bits per heavy atom. The van der Waals surface area contributed by atoms with Gasteiger partial charge in [0.15, 0.2) is 0 Å². The maximum atomic E-state index is 9.77. The lowest BCUT2D eigenvalue weighted by atomic mass is 9.77. The third-order valence-corrected chi connectivity index (χ3v) is 5.19. The van der Waals surface area contributed by atoms with Crippen LogP contribution in [0.1, 0.15) is 30.5 Å². The van der Waals surface area contributed by atoms with Crippen molar-refractivity contribution in [3.63, 3.8) is 0 Å². The second-order valence-corrected chi connectivity index (χ2v) is 7.66. The van der Waals surface area contributed by atoms with E-state index in [1.165, 1.54) is 5.56 Å². The second kappa shape index (κ2) is 7.50. The molecule has 0 unspecified atom stereocenters. The van der Waals surface area contributed by atoms with Gasteiger partial charge in [0, 0.05) is 11.0 Å². The van der Waals surface area contributed by atoms with Gasteiger partial charge < -0.3 is 24.1 Å². The molecule has 0 aliphatic carbocycles. The Balaban J connectivity index is 1.49. The first-order chi connectivity index (χ1) is 13.1. The molecule has 2 aliphatic heterocycles. The monoisotopic (exact) mass is 370 g/mol. The Labute approximate surface area is 159 Å². The zero-order chi connectivity index (χ0) is 18.9. The highest BCUT2D eigenvalue weighted by Crippen LogP contribution is 2.35. The number of hydrogen-bond donors (Lipinski definition) is 1. The van der Waals surface area contributed by atoms with Gasteiger partial charge in [-0.05, 0) is 35.4 Å². The summed E-state index contributed by atoms with van der Waals surface area (Å²) in [6.45, 7) is 6.99. The van der Waals surface area contributed by atoms with Crippen LogP contribution in [0.2, 0.25) is 0 Å². The predicted octanol–water partition coefficient (Wildman–Crippen LogP) is 3.06. The molecular formula is C22H26O5. The summed E-state index contributed by atoms with van der Waals surface area (Å²) in [6, 6.07) is 14.2. The Bertz CT molecular complexity index is 776. The molecule has 27 heavy (non-hydrogen) atoms. The summed E-state index contributed by atoms with van der Waals surface area (Å²) in [5.41, 5.74) is 2.90. The van der Waals surface area contributed by atoms with Crippen LogP contribution >= 0.6 is 0 Å². The molecule has 0 bridgehead atoms. The van der Waals surface area contributed by atoms with E-state index in [9.17, 15) is 5.11 Å². The highest BCUT2D eigenvalue weighted by molar-refractivity contribution is 5.45. The molecule has 0 saturated carbocycles. The molecule has 5 nitrogen and oxygen atoms in total. The minimum absolute atomic E-state index is 0.0548. The van der Waals surface area contributed by atoms with Crippen molar-refractivity contribution in [1.29, 1.82) is 0 Å². The van der Waals surface area contributed by atoms with Gasteiger partial charge in [0.25, 0.3) is 0 Å². The van der Waals surface area contributed by atoms with Crippen molar-refractivity contribution in [3.8, 4) is 11.5 Å². The number of ether oxygens (including phenoxy) is 4. The molecule has 2 aromatic rings. The number of benzene rings is 2. The molecule has 0 radical (unpaired) electrons. The van der Waals surface area contributed by atoms with E-state index in [0.29, 0.717) is 13.2 Å². The fraction of sp³-hybridized carbons (Fsp3) is 0.455. The molecule has 0 aromatic heterocycles. The molecule has 2 heterocycles. The molecule has 1 N–H and O–H groups in total. The van der Waals surface area contributed by atoms with Crippen LogP contribution in [0.4, 0.5) is 0 Å². The van der Waals surface area contributed by atoms with Gasteiger partial charge in [-0.25, -0.2) is 0 Å². The van der Waals surface area contributed by atoms with Crippen molar-refractivity contribution in [2.45, 2.75) is 38.1 Å². The van der Waals surface area contributed by atoms with E-state index in [-0.39, 0.29) is 24.2 Å². The predicted molar refractivity (Wildman–Crippen MR) is 101 cm³/mol. The molecule has 5 heteroatoms. The lowest BCUT2D eigenvalue weighted by Gasteiger charge is -2.27. The maximum absolute atomic E-state index is 9.77. The Morgan fingerprint density at radius 3 is 2.11 bits per heavy atom. The molecule has 0 spiro atoms. The molecule has 2 atom stereocenters. The number of epoxide rings is 2. The fourth-order valence-electron chi connectivity index (χ4n) is 3.07. The minimum Gasteiger partial charge on any atom is -0.491 e. The topological polar surface area (TPSA) is 63.8 Å². The zero-order valence-corrected chi connectivity index (χ0v) is 15.8. The van der Waals surface area contributed by atoms with Gasteiger partial charge in [0.2, 0.25) is 0 Å². The molecule has 2 fully saturated rings. The van der Waals surface area contributed by atoms with E-state index in [4.69, 9.17) is 18.9 Å². The molecule has 2 aliphatic rings. The summed E-state index contributed by atoms with van der Waals surface area (Å²) in [7, 11) is 0. The number of hydrogen-bond acceptors (Lipinski definition) is 5. The highest BCUT2D eigenvalue weighted by atomic mass is 16.6. The number of rotatable bonds is 9. The third kappa shape index (κ3) is 4.43. The van der Waals surface area contributed by atoms with Gasteiger partial charge in [-0.3, -0.25) is 0 Å². The summed E-state index contributed by atoms with van der Waals surface area (Å²) in [6.07, 6.45) is 0.449. The normalized spacial score (nSPS) is 21.0. The zero-order valence-electron chi connectivity index (χ0n) is 15.8. The van der Waals surface area contributed by atoms with E-state index >= 15 is 0 Å². The largest absolute Gasteiger partial charge is 0.491 e. The van der Waals surface area contributed by atoms with Crippen molar-refractivity contribution in [3.05, 3.63) is 59.2 Å². The second-order valence-electron chi connectivity index (χ2n) is 7.66. The first-order valence-electron chi connectivity index (χ1n) is 9.40.